The lowest BCUT2D eigenvalue weighted by atomic mass is 9.37. The molecule has 5 nitrogen and oxygen atoms in total. The summed E-state index contributed by atoms with van der Waals surface area (Å²) in [4.78, 5) is 28.8. The first-order valence-electron chi connectivity index (χ1n) is 13.8. The summed E-state index contributed by atoms with van der Waals surface area (Å²) >= 11 is 0. The lowest BCUT2D eigenvalue weighted by Gasteiger charge is -2.66. The number of cyclic esters (lactones) is 2. The standard InChI is InChI=1S/C31H35NO4/c1-5-32(6-2)23-9-7-20(8-10-23)25-16-24-17(3)26-27(29(34)35-28(26)33)31(30(24,4)36-25)21-12-18-11-19(14-21)15-22(31)13-18/h7-10,16,18-19,21-22H,5-6,11-15H2,1-4H3. The first kappa shape index (κ1) is 22.4. The number of ether oxygens (including phenoxy) is 2. The number of carbonyl (C=O) groups excluding carboxylic acids is 2. The number of nitrogens with zero attached hydrogens (tertiary/aromatic N) is 1. The fraction of sp³-hybridized carbons (Fsp3) is 0.548. The van der Waals surface area contributed by atoms with Gasteiger partial charge in [0.05, 0.1) is 16.6 Å². The number of esters is 2. The van der Waals surface area contributed by atoms with E-state index in [1.165, 1.54) is 12.1 Å². The van der Waals surface area contributed by atoms with Crippen LogP contribution in [-0.4, -0.2) is 30.6 Å². The van der Waals surface area contributed by atoms with E-state index in [2.05, 4.69) is 56.0 Å². The molecule has 4 saturated carbocycles. The van der Waals surface area contributed by atoms with Gasteiger partial charge in [-0.05, 0) is 119 Å². The summed E-state index contributed by atoms with van der Waals surface area (Å²) < 4.78 is 12.4. The van der Waals surface area contributed by atoms with Crippen molar-refractivity contribution in [3.8, 4) is 0 Å². The average Bonchev–Trinajstić information content (AvgIpc) is 3.37. The smallest absolute Gasteiger partial charge is 0.346 e. The summed E-state index contributed by atoms with van der Waals surface area (Å²) in [5.41, 5.74) is 4.11. The van der Waals surface area contributed by atoms with E-state index in [-0.39, 0.29) is 0 Å². The Hall–Kier alpha value is -2.82. The van der Waals surface area contributed by atoms with Crippen molar-refractivity contribution in [1.29, 1.82) is 0 Å². The Labute approximate surface area is 213 Å². The molecule has 0 radical (unpaired) electrons. The van der Waals surface area contributed by atoms with Gasteiger partial charge >= 0.3 is 11.9 Å². The van der Waals surface area contributed by atoms with E-state index < -0.39 is 23.0 Å². The zero-order valence-electron chi connectivity index (χ0n) is 21.7. The quantitative estimate of drug-likeness (QED) is 0.398. The predicted molar refractivity (Wildman–Crippen MR) is 138 cm³/mol. The molecule has 4 bridgehead atoms. The Bertz CT molecular complexity index is 1250. The maximum atomic E-state index is 13.4. The van der Waals surface area contributed by atoms with Crippen molar-refractivity contribution in [2.75, 3.05) is 18.0 Å². The highest BCUT2D eigenvalue weighted by atomic mass is 16.6. The molecule has 1 aromatic carbocycles. The number of rotatable bonds is 4. The van der Waals surface area contributed by atoms with Crippen LogP contribution in [0.4, 0.5) is 5.69 Å². The summed E-state index contributed by atoms with van der Waals surface area (Å²) in [5.74, 6) is 2.08. The van der Waals surface area contributed by atoms with E-state index in [0.29, 0.717) is 23.0 Å². The molecule has 0 amide bonds. The largest absolute Gasteiger partial charge is 0.481 e. The summed E-state index contributed by atoms with van der Waals surface area (Å²) in [6, 6.07) is 8.60. The van der Waals surface area contributed by atoms with E-state index in [4.69, 9.17) is 9.47 Å². The van der Waals surface area contributed by atoms with E-state index in [0.717, 1.165) is 73.1 Å². The second-order valence-corrected chi connectivity index (χ2v) is 12.0. The van der Waals surface area contributed by atoms with Crippen LogP contribution in [-0.2, 0) is 19.1 Å². The molecule has 1 unspecified atom stereocenters. The van der Waals surface area contributed by atoms with Crippen LogP contribution in [0.25, 0.3) is 5.76 Å². The van der Waals surface area contributed by atoms with Gasteiger partial charge in [0, 0.05) is 29.9 Å². The lowest BCUT2D eigenvalue weighted by molar-refractivity contribution is -0.176. The molecule has 5 heteroatoms. The first-order chi connectivity index (χ1) is 17.3. The van der Waals surface area contributed by atoms with Gasteiger partial charge in [0.25, 0.3) is 0 Å². The number of benzene rings is 1. The monoisotopic (exact) mass is 485 g/mol. The second kappa shape index (κ2) is 7.36. The Morgan fingerprint density at radius 2 is 1.53 bits per heavy atom. The molecule has 2 heterocycles. The summed E-state index contributed by atoms with van der Waals surface area (Å²) in [6.07, 6.45) is 7.93. The van der Waals surface area contributed by atoms with Crippen LogP contribution in [0.2, 0.25) is 0 Å². The molecular formula is C31H35NO4. The van der Waals surface area contributed by atoms with Crippen LogP contribution in [0.15, 0.2) is 52.6 Å². The normalized spacial score (nSPS) is 37.8. The highest BCUT2D eigenvalue weighted by Crippen LogP contribution is 2.74. The molecule has 8 rings (SSSR count). The number of carbonyl (C=O) groups is 2. The van der Waals surface area contributed by atoms with Crippen LogP contribution in [0, 0.1) is 29.1 Å². The highest BCUT2D eigenvalue weighted by molar-refractivity contribution is 6.16. The molecule has 1 aromatic rings. The number of anilines is 1. The van der Waals surface area contributed by atoms with Gasteiger partial charge in [0.1, 0.15) is 11.4 Å². The van der Waals surface area contributed by atoms with Crippen LogP contribution in [0.1, 0.15) is 65.4 Å². The zero-order chi connectivity index (χ0) is 25.0. The van der Waals surface area contributed by atoms with E-state index in [1.54, 1.807) is 0 Å². The first-order valence-corrected chi connectivity index (χ1v) is 13.8. The molecular weight excluding hydrogens is 450 g/mol. The Kier molecular flexibility index (Phi) is 4.58. The third-order valence-electron chi connectivity index (χ3n) is 10.6. The minimum Gasteiger partial charge on any atom is -0.481 e. The summed E-state index contributed by atoms with van der Waals surface area (Å²) in [6.45, 7) is 10.4. The molecule has 36 heavy (non-hydrogen) atoms. The lowest BCUT2D eigenvalue weighted by Crippen LogP contribution is -2.65. The fourth-order valence-corrected chi connectivity index (χ4v) is 9.51. The van der Waals surface area contributed by atoms with Crippen molar-refractivity contribution in [2.45, 2.75) is 65.4 Å². The van der Waals surface area contributed by atoms with E-state index in [9.17, 15) is 9.59 Å². The zero-order valence-corrected chi connectivity index (χ0v) is 21.7. The van der Waals surface area contributed by atoms with Crippen molar-refractivity contribution < 1.29 is 19.1 Å². The summed E-state index contributed by atoms with van der Waals surface area (Å²) in [5, 5.41) is 0. The predicted octanol–water partition coefficient (Wildman–Crippen LogP) is 5.82. The van der Waals surface area contributed by atoms with Gasteiger partial charge in [-0.15, -0.1) is 0 Å². The third-order valence-corrected chi connectivity index (χ3v) is 10.6. The van der Waals surface area contributed by atoms with Gasteiger partial charge in [-0.1, -0.05) is 0 Å². The topological polar surface area (TPSA) is 55.8 Å². The number of hydrogen-bond acceptors (Lipinski definition) is 5. The molecule has 1 spiro atoms. The van der Waals surface area contributed by atoms with Crippen LogP contribution in [0.3, 0.4) is 0 Å². The molecule has 1 atom stereocenters. The van der Waals surface area contributed by atoms with Gasteiger partial charge in [0.2, 0.25) is 0 Å². The van der Waals surface area contributed by atoms with E-state index in [1.807, 2.05) is 6.92 Å². The van der Waals surface area contributed by atoms with Gasteiger partial charge in [0.15, 0.2) is 0 Å². The van der Waals surface area contributed by atoms with Crippen molar-refractivity contribution in [3.63, 3.8) is 0 Å². The molecule has 188 valence electrons. The minimum absolute atomic E-state index is 0.336. The van der Waals surface area contributed by atoms with Crippen molar-refractivity contribution in [3.05, 3.63) is 58.2 Å². The molecule has 4 fully saturated rings. The Morgan fingerprint density at radius 3 is 2.11 bits per heavy atom. The SMILES string of the molecule is CCN(CC)c1ccc(C2=CC3=C(C)C4=C(C(=O)OC4=O)C4(C5CC6CC(C5)CC4C6)C3(C)O2)cc1. The highest BCUT2D eigenvalue weighted by Gasteiger charge is 2.73. The third kappa shape index (κ3) is 2.57. The van der Waals surface area contributed by atoms with Crippen LogP contribution < -0.4 is 4.90 Å². The number of hydrogen-bond donors (Lipinski definition) is 0. The Balaban J connectivity index is 1.38. The van der Waals surface area contributed by atoms with Gasteiger partial charge in [-0.3, -0.25) is 0 Å². The molecule has 0 saturated heterocycles. The van der Waals surface area contributed by atoms with Crippen molar-refractivity contribution in [1.82, 2.24) is 0 Å². The molecule has 5 aliphatic carbocycles. The molecule has 2 aliphatic heterocycles. The summed E-state index contributed by atoms with van der Waals surface area (Å²) in [7, 11) is 0. The van der Waals surface area contributed by atoms with Gasteiger partial charge in [-0.25, -0.2) is 9.59 Å². The van der Waals surface area contributed by atoms with Crippen LogP contribution in [0.5, 0.6) is 0 Å². The minimum atomic E-state index is -0.685. The molecule has 7 aliphatic rings. The van der Waals surface area contributed by atoms with Gasteiger partial charge in [-0.2, -0.15) is 0 Å². The average molecular weight is 486 g/mol. The van der Waals surface area contributed by atoms with Crippen molar-refractivity contribution >= 4 is 23.4 Å². The Morgan fingerprint density at radius 1 is 0.917 bits per heavy atom. The maximum Gasteiger partial charge on any atom is 0.346 e. The van der Waals surface area contributed by atoms with Crippen LogP contribution >= 0.6 is 0 Å². The fourth-order valence-electron chi connectivity index (χ4n) is 9.51. The van der Waals surface area contributed by atoms with E-state index >= 15 is 0 Å². The number of fused-ring (bicyclic) bond motifs is 1. The maximum absolute atomic E-state index is 13.4. The molecule has 0 N–H and O–H groups in total. The second-order valence-electron chi connectivity index (χ2n) is 12.0. The molecule has 0 aromatic heterocycles. The van der Waals surface area contributed by atoms with Crippen molar-refractivity contribution in [2.24, 2.45) is 29.1 Å². The van der Waals surface area contributed by atoms with Gasteiger partial charge < -0.3 is 14.4 Å².